The van der Waals surface area contributed by atoms with Gasteiger partial charge in [-0.2, -0.15) is 0 Å². The molecule has 0 aromatic heterocycles. The van der Waals surface area contributed by atoms with E-state index in [-0.39, 0.29) is 30.1 Å². The number of piperidine rings is 1. The maximum Gasteiger partial charge on any atom is 0.137 e. The number of ether oxygens (including phenoxy) is 1. The third kappa shape index (κ3) is 4.64. The van der Waals surface area contributed by atoms with Crippen molar-refractivity contribution in [2.75, 3.05) is 33.3 Å². The minimum absolute atomic E-state index is 0. The number of likely N-dealkylation sites (N-methyl/N-ethyl adjacent to an activating group) is 1. The van der Waals surface area contributed by atoms with Crippen molar-refractivity contribution >= 4 is 0 Å². The predicted molar refractivity (Wildman–Crippen MR) is 112 cm³/mol. The van der Waals surface area contributed by atoms with Gasteiger partial charge in [0.15, 0.2) is 0 Å². The molecule has 0 radical (unpaired) electrons. The molecule has 162 valence electrons. The number of rotatable bonds is 6. The minimum atomic E-state index is -0.383. The lowest BCUT2D eigenvalue weighted by Gasteiger charge is -2.57. The molecule has 0 spiro atoms. The van der Waals surface area contributed by atoms with Crippen LogP contribution in [0.25, 0.3) is 0 Å². The zero-order valence-electron chi connectivity index (χ0n) is 18.0. The lowest BCUT2D eigenvalue weighted by molar-refractivity contribution is -0.916. The fraction of sp³-hybridized carbons (Fsp3) is 0.760. The Morgan fingerprint density at radius 2 is 1.52 bits per heavy atom. The van der Waals surface area contributed by atoms with Crippen molar-refractivity contribution in [2.24, 2.45) is 17.8 Å². The van der Waals surface area contributed by atoms with E-state index >= 15 is 0 Å². The fourth-order valence-corrected chi connectivity index (χ4v) is 7.58. The van der Waals surface area contributed by atoms with Gasteiger partial charge in [-0.05, 0) is 98.7 Å². The molecule has 0 amide bonds. The lowest BCUT2D eigenvalue weighted by Crippen LogP contribution is -3.00. The van der Waals surface area contributed by atoms with Gasteiger partial charge < -0.3 is 38.3 Å². The Labute approximate surface area is 193 Å². The maximum absolute atomic E-state index is 10.5. The van der Waals surface area contributed by atoms with Crippen molar-refractivity contribution in [1.82, 2.24) is 0 Å². The normalized spacial score (nSPS) is 35.7. The van der Waals surface area contributed by atoms with Crippen LogP contribution in [-0.4, -0.2) is 49.0 Å². The van der Waals surface area contributed by atoms with Crippen molar-refractivity contribution in [1.29, 1.82) is 0 Å². The molecule has 4 bridgehead atoms. The molecular weight excluding hydrogens is 473 g/mol. The van der Waals surface area contributed by atoms with Crippen molar-refractivity contribution < 1.29 is 38.3 Å². The smallest absolute Gasteiger partial charge is 0.137 e. The molecule has 6 rings (SSSR count). The summed E-state index contributed by atoms with van der Waals surface area (Å²) in [7, 11) is 2.28. The standard InChI is InChI=1S/C25H38NO2.HI/c1-26(9-3-2-4-10-26)17-23(27)18-28-24-7-5-22(6-8-24)25-14-19-11-20(15-25)13-21(12-19)16-25;/h5-8,19-21,23,27H,2-4,9-18H2,1H3;1H/q+1;/p-1. The number of hydrogen-bond donors (Lipinski definition) is 1. The summed E-state index contributed by atoms with van der Waals surface area (Å²) in [5.74, 6) is 3.86. The number of benzene rings is 1. The summed E-state index contributed by atoms with van der Waals surface area (Å²) in [5.41, 5.74) is 2.01. The number of halogens is 1. The zero-order chi connectivity index (χ0) is 19.2. The molecule has 1 aromatic rings. The highest BCUT2D eigenvalue weighted by atomic mass is 127. The second-order valence-corrected chi connectivity index (χ2v) is 11.0. The number of nitrogens with zero attached hydrogens (tertiary/aromatic N) is 1. The first-order chi connectivity index (χ1) is 13.5. The highest BCUT2D eigenvalue weighted by Gasteiger charge is 2.51. The highest BCUT2D eigenvalue weighted by molar-refractivity contribution is 5.34. The fourth-order valence-electron chi connectivity index (χ4n) is 7.58. The predicted octanol–water partition coefficient (Wildman–Crippen LogP) is 1.53. The first-order valence-electron chi connectivity index (χ1n) is 11.8. The van der Waals surface area contributed by atoms with Crippen LogP contribution < -0.4 is 28.7 Å². The molecule has 4 saturated carbocycles. The summed E-state index contributed by atoms with van der Waals surface area (Å²) in [6.45, 7) is 3.60. The summed E-state index contributed by atoms with van der Waals surface area (Å²) < 4.78 is 6.96. The van der Waals surface area contributed by atoms with Gasteiger partial charge in [-0.15, -0.1) is 0 Å². The second-order valence-electron chi connectivity index (χ2n) is 11.0. The Morgan fingerprint density at radius 3 is 2.07 bits per heavy atom. The summed E-state index contributed by atoms with van der Waals surface area (Å²) >= 11 is 0. The van der Waals surface area contributed by atoms with Crippen LogP contribution in [-0.2, 0) is 5.41 Å². The minimum Gasteiger partial charge on any atom is -1.00 e. The first-order valence-corrected chi connectivity index (χ1v) is 11.8. The third-order valence-corrected chi connectivity index (χ3v) is 8.49. The Kier molecular flexibility index (Phi) is 6.54. The number of likely N-dealkylation sites (tertiary alicyclic amines) is 1. The van der Waals surface area contributed by atoms with Crippen molar-refractivity contribution in [3.63, 3.8) is 0 Å². The molecule has 29 heavy (non-hydrogen) atoms. The van der Waals surface area contributed by atoms with Crippen LogP contribution in [0.2, 0.25) is 0 Å². The van der Waals surface area contributed by atoms with Gasteiger partial charge in [0.1, 0.15) is 25.0 Å². The average Bonchev–Trinajstić information content (AvgIpc) is 2.66. The Balaban J connectivity index is 0.00000205. The van der Waals surface area contributed by atoms with Gasteiger partial charge in [-0.3, -0.25) is 0 Å². The number of aliphatic hydroxyl groups excluding tert-OH is 1. The van der Waals surface area contributed by atoms with Crippen LogP contribution in [0.5, 0.6) is 5.75 Å². The number of aliphatic hydroxyl groups is 1. The SMILES string of the molecule is C[N+]1(CC(O)COc2ccc(C34CC5CC(CC(C5)C3)C4)cc2)CCCCC1.[I-]. The van der Waals surface area contributed by atoms with Crippen LogP contribution in [0.3, 0.4) is 0 Å². The maximum atomic E-state index is 10.5. The van der Waals surface area contributed by atoms with Crippen molar-refractivity contribution in [3.05, 3.63) is 29.8 Å². The quantitative estimate of drug-likeness (QED) is 0.464. The van der Waals surface area contributed by atoms with E-state index in [9.17, 15) is 5.11 Å². The van der Waals surface area contributed by atoms with Crippen LogP contribution in [0.1, 0.15) is 63.4 Å². The van der Waals surface area contributed by atoms with Crippen molar-refractivity contribution in [2.45, 2.75) is 69.3 Å². The molecule has 5 fully saturated rings. The van der Waals surface area contributed by atoms with Gasteiger partial charge in [-0.1, -0.05) is 12.1 Å². The van der Waals surface area contributed by atoms with Gasteiger partial charge in [0.25, 0.3) is 0 Å². The van der Waals surface area contributed by atoms with Crippen LogP contribution in [0.4, 0.5) is 0 Å². The molecule has 4 aliphatic carbocycles. The topological polar surface area (TPSA) is 29.5 Å². The van der Waals surface area contributed by atoms with E-state index in [2.05, 4.69) is 31.3 Å². The van der Waals surface area contributed by atoms with E-state index in [0.717, 1.165) is 34.5 Å². The zero-order valence-corrected chi connectivity index (χ0v) is 20.1. The molecule has 1 heterocycles. The molecule has 1 atom stereocenters. The van der Waals surface area contributed by atoms with E-state index in [1.165, 1.54) is 70.9 Å². The van der Waals surface area contributed by atoms with E-state index in [4.69, 9.17) is 4.74 Å². The summed E-state index contributed by atoms with van der Waals surface area (Å²) in [5, 5.41) is 10.5. The Morgan fingerprint density at radius 1 is 0.966 bits per heavy atom. The average molecular weight is 511 g/mol. The van der Waals surface area contributed by atoms with Crippen LogP contribution in [0.15, 0.2) is 24.3 Å². The van der Waals surface area contributed by atoms with E-state index in [0.29, 0.717) is 12.0 Å². The van der Waals surface area contributed by atoms with E-state index in [1.807, 2.05) is 0 Å². The molecule has 1 aromatic carbocycles. The van der Waals surface area contributed by atoms with Crippen LogP contribution in [0, 0.1) is 17.8 Å². The van der Waals surface area contributed by atoms with Gasteiger partial charge in [0, 0.05) is 0 Å². The van der Waals surface area contributed by atoms with Crippen LogP contribution >= 0.6 is 0 Å². The molecule has 1 saturated heterocycles. The molecule has 1 N–H and O–H groups in total. The molecular formula is C25H38INO2. The number of hydrogen-bond acceptors (Lipinski definition) is 2. The third-order valence-electron chi connectivity index (χ3n) is 8.49. The summed E-state index contributed by atoms with van der Waals surface area (Å²) in [6.07, 6.45) is 12.3. The monoisotopic (exact) mass is 511 g/mol. The highest BCUT2D eigenvalue weighted by Crippen LogP contribution is 2.60. The lowest BCUT2D eigenvalue weighted by atomic mass is 9.48. The largest absolute Gasteiger partial charge is 1.00 e. The van der Waals surface area contributed by atoms with E-state index in [1.54, 1.807) is 5.56 Å². The van der Waals surface area contributed by atoms with Gasteiger partial charge in [0.05, 0.1) is 20.1 Å². The summed E-state index contributed by atoms with van der Waals surface area (Å²) in [4.78, 5) is 0. The Hall–Kier alpha value is -0.330. The second kappa shape index (κ2) is 8.66. The molecule has 1 unspecified atom stereocenters. The van der Waals surface area contributed by atoms with Gasteiger partial charge in [0.2, 0.25) is 0 Å². The van der Waals surface area contributed by atoms with Gasteiger partial charge in [-0.25, -0.2) is 0 Å². The van der Waals surface area contributed by atoms with E-state index < -0.39 is 0 Å². The summed E-state index contributed by atoms with van der Waals surface area (Å²) in [6, 6.07) is 8.95. The molecule has 3 nitrogen and oxygen atoms in total. The number of quaternary nitrogens is 1. The molecule has 1 aliphatic heterocycles. The molecule has 5 aliphatic rings. The molecule has 4 heteroatoms. The van der Waals surface area contributed by atoms with Gasteiger partial charge >= 0.3 is 0 Å². The first kappa shape index (κ1) is 21.9. The van der Waals surface area contributed by atoms with Crippen molar-refractivity contribution in [3.8, 4) is 5.75 Å². The Bertz CT molecular complexity index is 647.